The van der Waals surface area contributed by atoms with Crippen LogP contribution >= 0.6 is 31.9 Å². The first-order valence-electron chi connectivity index (χ1n) is 4.96. The van der Waals surface area contributed by atoms with Crippen molar-refractivity contribution in [2.24, 2.45) is 0 Å². The first-order chi connectivity index (χ1) is 7.90. The van der Waals surface area contributed by atoms with Crippen LogP contribution in [0.1, 0.15) is 17.3 Å². The Morgan fingerprint density at radius 2 is 1.88 bits per heavy atom. The van der Waals surface area contributed by atoms with E-state index in [0.717, 1.165) is 8.95 Å². The van der Waals surface area contributed by atoms with E-state index in [-0.39, 0.29) is 11.2 Å². The van der Waals surface area contributed by atoms with Gasteiger partial charge in [-0.2, -0.15) is 0 Å². The van der Waals surface area contributed by atoms with Gasteiger partial charge in [-0.1, -0.05) is 31.9 Å². The van der Waals surface area contributed by atoms with Gasteiger partial charge in [0.15, 0.2) is 0 Å². The third kappa shape index (κ3) is 4.89. The van der Waals surface area contributed by atoms with Gasteiger partial charge in [-0.05, 0) is 25.1 Å². The summed E-state index contributed by atoms with van der Waals surface area (Å²) >= 11 is 6.65. The highest BCUT2D eigenvalue weighted by Gasteiger charge is 2.11. The lowest BCUT2D eigenvalue weighted by Crippen LogP contribution is -2.32. The summed E-state index contributed by atoms with van der Waals surface area (Å²) in [7, 11) is -0.925. The lowest BCUT2D eigenvalue weighted by molar-refractivity contribution is 0.0954. The van der Waals surface area contributed by atoms with Crippen LogP contribution in [0.2, 0.25) is 0 Å². The number of hydrogen-bond donors (Lipinski definition) is 1. The zero-order chi connectivity index (χ0) is 13.0. The minimum Gasteiger partial charge on any atom is -0.351 e. The molecule has 0 spiro atoms. The van der Waals surface area contributed by atoms with Crippen LogP contribution in [0, 0.1) is 0 Å². The van der Waals surface area contributed by atoms with E-state index in [0.29, 0.717) is 12.1 Å². The molecular weight excluding hydrogens is 370 g/mol. The zero-order valence-corrected chi connectivity index (χ0v) is 13.5. The molecular formula is C11H13Br2NO2S. The number of benzene rings is 1. The van der Waals surface area contributed by atoms with E-state index in [1.807, 2.05) is 13.0 Å². The molecule has 0 saturated carbocycles. The number of amides is 1. The van der Waals surface area contributed by atoms with Crippen molar-refractivity contribution in [3.63, 3.8) is 0 Å². The zero-order valence-electron chi connectivity index (χ0n) is 9.50. The van der Waals surface area contributed by atoms with Crippen molar-refractivity contribution < 1.29 is 9.00 Å². The molecule has 0 saturated heterocycles. The van der Waals surface area contributed by atoms with Crippen molar-refractivity contribution in [3.8, 4) is 0 Å². The molecule has 3 nitrogen and oxygen atoms in total. The van der Waals surface area contributed by atoms with Gasteiger partial charge in [0, 0.05) is 43.4 Å². The van der Waals surface area contributed by atoms with E-state index in [1.165, 1.54) is 0 Å². The molecule has 1 rings (SSSR count). The number of carbonyl (C=O) groups is 1. The molecule has 0 bridgehead atoms. The highest BCUT2D eigenvalue weighted by atomic mass is 79.9. The van der Waals surface area contributed by atoms with Crippen molar-refractivity contribution in [2.45, 2.75) is 12.2 Å². The first kappa shape index (κ1) is 14.9. The Morgan fingerprint density at radius 1 is 1.35 bits per heavy atom. The molecule has 94 valence electrons. The first-order valence-corrected chi connectivity index (χ1v) is 8.17. The van der Waals surface area contributed by atoms with Crippen molar-refractivity contribution in [3.05, 3.63) is 32.7 Å². The lowest BCUT2D eigenvalue weighted by atomic mass is 10.2. The van der Waals surface area contributed by atoms with Crippen LogP contribution in [-0.4, -0.2) is 28.2 Å². The van der Waals surface area contributed by atoms with Crippen LogP contribution in [-0.2, 0) is 10.8 Å². The summed E-state index contributed by atoms with van der Waals surface area (Å²) in [6.45, 7) is 2.25. The quantitative estimate of drug-likeness (QED) is 0.870. The van der Waals surface area contributed by atoms with Crippen LogP contribution in [0.3, 0.4) is 0 Å². The fourth-order valence-electron chi connectivity index (χ4n) is 1.14. The molecule has 1 aromatic carbocycles. The number of rotatable bonds is 4. The van der Waals surface area contributed by atoms with Crippen molar-refractivity contribution in [1.82, 2.24) is 5.32 Å². The van der Waals surface area contributed by atoms with E-state index < -0.39 is 10.8 Å². The SMILES string of the molecule is CC(CNC(=O)c1cc(Br)cc(Br)c1)S(C)=O. The molecule has 0 heterocycles. The number of halogens is 2. The van der Waals surface area contributed by atoms with Crippen molar-refractivity contribution in [1.29, 1.82) is 0 Å². The molecule has 6 heteroatoms. The van der Waals surface area contributed by atoms with Crippen LogP contribution in [0.25, 0.3) is 0 Å². The summed E-state index contributed by atoms with van der Waals surface area (Å²) in [6, 6.07) is 5.35. The average Bonchev–Trinajstić information content (AvgIpc) is 2.23. The fraction of sp³-hybridized carbons (Fsp3) is 0.364. The maximum absolute atomic E-state index is 11.8. The molecule has 0 aliphatic carbocycles. The highest BCUT2D eigenvalue weighted by Crippen LogP contribution is 2.19. The number of nitrogens with one attached hydrogen (secondary N) is 1. The predicted octanol–water partition coefficient (Wildman–Crippen LogP) is 2.71. The Kier molecular flexibility index (Phi) is 5.82. The highest BCUT2D eigenvalue weighted by molar-refractivity contribution is 9.11. The molecule has 0 radical (unpaired) electrons. The summed E-state index contributed by atoms with van der Waals surface area (Å²) in [4.78, 5) is 11.8. The molecule has 0 fully saturated rings. The van der Waals surface area contributed by atoms with Crippen LogP contribution < -0.4 is 5.32 Å². The second-order valence-electron chi connectivity index (χ2n) is 3.68. The standard InChI is InChI=1S/C11H13Br2NO2S/c1-7(17(2)16)6-14-11(15)8-3-9(12)5-10(13)4-8/h3-5,7H,6H2,1-2H3,(H,14,15). The minimum atomic E-state index is -0.925. The van der Waals surface area contributed by atoms with E-state index in [9.17, 15) is 9.00 Å². The van der Waals surface area contributed by atoms with E-state index in [1.54, 1.807) is 18.4 Å². The second kappa shape index (κ2) is 6.66. The molecule has 1 N–H and O–H groups in total. The molecule has 0 aliphatic rings. The maximum atomic E-state index is 11.8. The normalized spacial score (nSPS) is 14.1. The van der Waals surface area contributed by atoms with Crippen LogP contribution in [0.15, 0.2) is 27.1 Å². The average molecular weight is 383 g/mol. The Labute approximate surface area is 120 Å². The second-order valence-corrected chi connectivity index (χ2v) is 7.31. The molecule has 1 amide bonds. The lowest BCUT2D eigenvalue weighted by Gasteiger charge is -2.10. The van der Waals surface area contributed by atoms with Crippen molar-refractivity contribution >= 4 is 48.6 Å². The molecule has 0 aliphatic heterocycles. The molecule has 1 aromatic rings. The number of carbonyl (C=O) groups excluding carboxylic acids is 1. The van der Waals surface area contributed by atoms with Gasteiger partial charge in [-0.25, -0.2) is 0 Å². The maximum Gasteiger partial charge on any atom is 0.251 e. The largest absolute Gasteiger partial charge is 0.351 e. The fourth-order valence-corrected chi connectivity index (χ4v) is 2.75. The Hall–Kier alpha value is -0.200. The van der Waals surface area contributed by atoms with Crippen LogP contribution in [0.5, 0.6) is 0 Å². The summed E-state index contributed by atoms with van der Waals surface area (Å²) < 4.78 is 12.8. The number of hydrogen-bond acceptors (Lipinski definition) is 2. The molecule has 2 unspecified atom stereocenters. The van der Waals surface area contributed by atoms with Gasteiger partial charge in [-0.15, -0.1) is 0 Å². The Morgan fingerprint density at radius 3 is 2.35 bits per heavy atom. The molecule has 0 aromatic heterocycles. The summed E-state index contributed by atoms with van der Waals surface area (Å²) in [5.41, 5.74) is 0.570. The van der Waals surface area contributed by atoms with E-state index in [4.69, 9.17) is 0 Å². The molecule has 2 atom stereocenters. The third-order valence-electron chi connectivity index (χ3n) is 2.24. The topological polar surface area (TPSA) is 46.2 Å². The smallest absolute Gasteiger partial charge is 0.251 e. The van der Waals surface area contributed by atoms with Gasteiger partial charge >= 0.3 is 0 Å². The van der Waals surface area contributed by atoms with E-state index in [2.05, 4.69) is 37.2 Å². The minimum absolute atomic E-state index is 0.0467. The summed E-state index contributed by atoms with van der Waals surface area (Å²) in [6.07, 6.45) is 1.63. The van der Waals surface area contributed by atoms with Gasteiger partial charge < -0.3 is 5.32 Å². The van der Waals surface area contributed by atoms with E-state index >= 15 is 0 Å². The van der Waals surface area contributed by atoms with Gasteiger partial charge in [0.25, 0.3) is 5.91 Å². The van der Waals surface area contributed by atoms with Gasteiger partial charge in [0.05, 0.1) is 0 Å². The predicted molar refractivity (Wildman–Crippen MR) is 77.7 cm³/mol. The van der Waals surface area contributed by atoms with Gasteiger partial charge in [0.2, 0.25) is 0 Å². The Balaban J connectivity index is 2.67. The van der Waals surface area contributed by atoms with Gasteiger partial charge in [-0.3, -0.25) is 9.00 Å². The third-order valence-corrected chi connectivity index (χ3v) is 4.46. The Bertz CT molecular complexity index is 431. The van der Waals surface area contributed by atoms with Gasteiger partial charge in [0.1, 0.15) is 0 Å². The van der Waals surface area contributed by atoms with Crippen LogP contribution in [0.4, 0.5) is 0 Å². The summed E-state index contributed by atoms with van der Waals surface area (Å²) in [5, 5.41) is 2.71. The van der Waals surface area contributed by atoms with Crippen molar-refractivity contribution in [2.75, 3.05) is 12.8 Å². The molecule has 17 heavy (non-hydrogen) atoms. The summed E-state index contributed by atoms with van der Waals surface area (Å²) in [5.74, 6) is -0.163. The monoisotopic (exact) mass is 381 g/mol.